The molecule has 0 aromatic carbocycles. The smallest absolute Gasteiger partial charge is 0.298 e. The van der Waals surface area contributed by atoms with Gasteiger partial charge in [-0.15, -0.1) is 11.8 Å². The van der Waals surface area contributed by atoms with E-state index >= 15 is 0 Å². The van der Waals surface area contributed by atoms with Gasteiger partial charge in [0, 0.05) is 49.8 Å². The van der Waals surface area contributed by atoms with Crippen molar-refractivity contribution in [3.8, 4) is 0 Å². The first-order chi connectivity index (χ1) is 12.8. The van der Waals surface area contributed by atoms with Crippen LogP contribution in [0.1, 0.15) is 45.0 Å². The fourth-order valence-electron chi connectivity index (χ4n) is 3.52. The molecule has 0 fully saturated rings. The number of imidazole rings is 1. The lowest BCUT2D eigenvalue weighted by molar-refractivity contribution is 0.508. The molecule has 2 aromatic rings. The number of hydrogen-bond donors (Lipinski definition) is 0. The van der Waals surface area contributed by atoms with Gasteiger partial charge in [-0.05, 0) is 37.6 Å². The minimum Gasteiger partial charge on any atom is -0.298 e. The highest BCUT2D eigenvalue weighted by atomic mass is 32.2. The zero-order chi connectivity index (χ0) is 19.6. The van der Waals surface area contributed by atoms with Gasteiger partial charge in [0.2, 0.25) is 0 Å². The van der Waals surface area contributed by atoms with Gasteiger partial charge in [-0.25, -0.2) is 4.79 Å². The Balaban J connectivity index is 2.04. The average Bonchev–Trinajstić information content (AvgIpc) is 3.15. The van der Waals surface area contributed by atoms with E-state index in [0.29, 0.717) is 11.7 Å². The van der Waals surface area contributed by atoms with Gasteiger partial charge in [0.1, 0.15) is 0 Å². The largest absolute Gasteiger partial charge is 0.329 e. The van der Waals surface area contributed by atoms with E-state index < -0.39 is 0 Å². The lowest BCUT2D eigenvalue weighted by Gasteiger charge is -2.25. The third-order valence-corrected chi connectivity index (χ3v) is 5.91. The van der Waals surface area contributed by atoms with E-state index in [0.717, 1.165) is 17.1 Å². The molecule has 3 rings (SSSR count). The first-order valence-electron chi connectivity index (χ1n) is 9.41. The van der Waals surface area contributed by atoms with Gasteiger partial charge in [0.15, 0.2) is 0 Å². The maximum Gasteiger partial charge on any atom is 0.329 e. The maximum atomic E-state index is 12.9. The van der Waals surface area contributed by atoms with Gasteiger partial charge >= 0.3 is 5.69 Å². The van der Waals surface area contributed by atoms with Crippen molar-refractivity contribution in [1.29, 1.82) is 0 Å². The maximum absolute atomic E-state index is 12.9. The Kier molecular flexibility index (Phi) is 5.75. The molecule has 0 saturated carbocycles. The van der Waals surface area contributed by atoms with Crippen LogP contribution in [0, 0.1) is 0 Å². The summed E-state index contributed by atoms with van der Waals surface area (Å²) in [4.78, 5) is 21.8. The predicted molar refractivity (Wildman–Crippen MR) is 113 cm³/mol. The van der Waals surface area contributed by atoms with Crippen LogP contribution in [0.15, 0.2) is 51.5 Å². The summed E-state index contributed by atoms with van der Waals surface area (Å²) in [6, 6.07) is 4.19. The molecule has 0 bridgehead atoms. The zero-order valence-corrected chi connectivity index (χ0v) is 17.5. The average molecular weight is 385 g/mol. The van der Waals surface area contributed by atoms with E-state index in [2.05, 4.69) is 38.8 Å². The summed E-state index contributed by atoms with van der Waals surface area (Å²) in [7, 11) is 1.88. The standard InChI is InChI=1S/C21H28N4OS/c1-15(2)25-19(27-16(3)4)18(24(5)20(25)26)14-21(9-6-10-23-21)13-17-7-11-22-12-8-17/h6-12,15-16H,13-14H2,1-5H3. The monoisotopic (exact) mass is 384 g/mol. The van der Waals surface area contributed by atoms with Crippen LogP contribution in [0.25, 0.3) is 0 Å². The van der Waals surface area contributed by atoms with Crippen LogP contribution in [0.3, 0.4) is 0 Å². The van der Waals surface area contributed by atoms with Crippen LogP contribution in [0.4, 0.5) is 0 Å². The van der Waals surface area contributed by atoms with Gasteiger partial charge in [-0.3, -0.25) is 19.1 Å². The molecule has 1 aliphatic heterocycles. The van der Waals surface area contributed by atoms with Crippen LogP contribution in [-0.2, 0) is 19.9 Å². The summed E-state index contributed by atoms with van der Waals surface area (Å²) < 4.78 is 3.73. The number of aromatic nitrogens is 3. The fraction of sp³-hybridized carbons (Fsp3) is 0.476. The molecule has 0 amide bonds. The number of hydrogen-bond acceptors (Lipinski definition) is 4. The summed E-state index contributed by atoms with van der Waals surface area (Å²) in [5.41, 5.74) is 1.94. The molecule has 27 heavy (non-hydrogen) atoms. The number of nitrogens with zero attached hydrogens (tertiary/aromatic N) is 4. The molecule has 2 aromatic heterocycles. The fourth-order valence-corrected chi connectivity index (χ4v) is 4.71. The molecule has 5 nitrogen and oxygen atoms in total. The zero-order valence-electron chi connectivity index (χ0n) is 16.7. The number of rotatable bonds is 7. The highest BCUT2D eigenvalue weighted by Gasteiger charge is 2.33. The molecule has 0 aliphatic carbocycles. The van der Waals surface area contributed by atoms with Crippen LogP contribution in [0.5, 0.6) is 0 Å². The van der Waals surface area contributed by atoms with Gasteiger partial charge in [-0.1, -0.05) is 19.9 Å². The Hall–Kier alpha value is -2.08. The molecule has 3 heterocycles. The van der Waals surface area contributed by atoms with Crippen LogP contribution in [-0.4, -0.2) is 31.1 Å². The van der Waals surface area contributed by atoms with E-state index in [1.165, 1.54) is 5.56 Å². The summed E-state index contributed by atoms with van der Waals surface area (Å²) in [6.07, 6.45) is 11.2. The van der Waals surface area contributed by atoms with Gasteiger partial charge in [0.25, 0.3) is 0 Å². The highest BCUT2D eigenvalue weighted by molar-refractivity contribution is 7.99. The Bertz CT molecular complexity index is 894. The van der Waals surface area contributed by atoms with E-state index in [4.69, 9.17) is 4.99 Å². The summed E-state index contributed by atoms with van der Waals surface area (Å²) in [6.45, 7) is 8.46. The summed E-state index contributed by atoms with van der Waals surface area (Å²) in [5.74, 6) is 0. The SMILES string of the molecule is CC(C)Sc1c(CC2(Cc3ccncc3)C=CC=N2)n(C)c(=O)n1C(C)C. The predicted octanol–water partition coefficient (Wildman–Crippen LogP) is 3.83. The van der Waals surface area contributed by atoms with Crippen molar-refractivity contribution in [2.24, 2.45) is 12.0 Å². The van der Waals surface area contributed by atoms with Gasteiger partial charge in [-0.2, -0.15) is 0 Å². The summed E-state index contributed by atoms with van der Waals surface area (Å²) >= 11 is 1.76. The molecule has 0 radical (unpaired) electrons. The Morgan fingerprint density at radius 3 is 2.41 bits per heavy atom. The number of aliphatic imine (C=N–C) groups is 1. The van der Waals surface area contributed by atoms with E-state index in [1.807, 2.05) is 48.4 Å². The second-order valence-electron chi connectivity index (χ2n) is 7.67. The number of thioether (sulfide) groups is 1. The third-order valence-electron chi connectivity index (χ3n) is 4.78. The lowest BCUT2D eigenvalue weighted by atomic mass is 9.88. The quantitative estimate of drug-likeness (QED) is 0.682. The summed E-state index contributed by atoms with van der Waals surface area (Å²) in [5, 5.41) is 1.46. The van der Waals surface area contributed by atoms with Crippen molar-refractivity contribution >= 4 is 18.0 Å². The van der Waals surface area contributed by atoms with Crippen molar-refractivity contribution in [3.05, 3.63) is 58.4 Å². The molecule has 1 atom stereocenters. The molecule has 144 valence electrons. The molecule has 0 N–H and O–H groups in total. The van der Waals surface area contributed by atoms with Crippen molar-refractivity contribution in [2.45, 2.75) is 62.4 Å². The van der Waals surface area contributed by atoms with Gasteiger partial charge in [0.05, 0.1) is 16.3 Å². The number of pyridine rings is 1. The second kappa shape index (κ2) is 7.89. The Morgan fingerprint density at radius 2 is 1.85 bits per heavy atom. The van der Waals surface area contributed by atoms with Crippen molar-refractivity contribution in [1.82, 2.24) is 14.1 Å². The van der Waals surface area contributed by atoms with Crippen LogP contribution in [0.2, 0.25) is 0 Å². The van der Waals surface area contributed by atoms with Crippen LogP contribution < -0.4 is 5.69 Å². The van der Waals surface area contributed by atoms with E-state index in [-0.39, 0.29) is 17.3 Å². The molecule has 1 aliphatic rings. The molecule has 6 heteroatoms. The molecular formula is C21H28N4OS. The normalized spacial score (nSPS) is 18.9. The minimum absolute atomic E-state index is 0.0492. The second-order valence-corrected chi connectivity index (χ2v) is 9.24. The van der Waals surface area contributed by atoms with E-state index in [9.17, 15) is 4.79 Å². The Morgan fingerprint density at radius 1 is 1.15 bits per heavy atom. The first kappa shape index (κ1) is 19.7. The highest BCUT2D eigenvalue weighted by Crippen LogP contribution is 2.34. The topological polar surface area (TPSA) is 52.2 Å². The van der Waals surface area contributed by atoms with Crippen molar-refractivity contribution in [3.63, 3.8) is 0 Å². The molecule has 1 unspecified atom stereocenters. The lowest BCUT2D eigenvalue weighted by Crippen LogP contribution is -2.30. The van der Waals surface area contributed by atoms with Crippen LogP contribution >= 0.6 is 11.8 Å². The first-order valence-corrected chi connectivity index (χ1v) is 10.3. The number of allylic oxidation sites excluding steroid dienone is 1. The molecule has 0 saturated heterocycles. The molecule has 0 spiro atoms. The van der Waals surface area contributed by atoms with Crippen molar-refractivity contribution in [2.75, 3.05) is 0 Å². The van der Waals surface area contributed by atoms with E-state index in [1.54, 1.807) is 16.3 Å². The Labute approximate surface area is 165 Å². The minimum atomic E-state index is -0.360. The third kappa shape index (κ3) is 4.10. The van der Waals surface area contributed by atoms with Crippen molar-refractivity contribution < 1.29 is 0 Å². The molecular weight excluding hydrogens is 356 g/mol. The van der Waals surface area contributed by atoms with Gasteiger partial charge < -0.3 is 0 Å².